The highest BCUT2D eigenvalue weighted by atomic mass is 16.6. The van der Waals surface area contributed by atoms with E-state index in [4.69, 9.17) is 14.6 Å². The lowest BCUT2D eigenvalue weighted by molar-refractivity contribution is -0.159. The number of rotatable bonds is 18. The van der Waals surface area contributed by atoms with E-state index in [1.54, 1.807) is 30.4 Å². The molecule has 0 aromatic rings. The highest BCUT2D eigenvalue weighted by Crippen LogP contribution is 2.03. The second kappa shape index (κ2) is 22.1. The van der Waals surface area contributed by atoms with E-state index in [-0.39, 0.29) is 13.0 Å². The van der Waals surface area contributed by atoms with Crippen molar-refractivity contribution in [1.29, 1.82) is 0 Å². The van der Waals surface area contributed by atoms with E-state index in [9.17, 15) is 19.8 Å². The van der Waals surface area contributed by atoms with Gasteiger partial charge in [0.2, 0.25) is 0 Å². The molecule has 0 heterocycles. The van der Waals surface area contributed by atoms with E-state index in [1.807, 2.05) is 42.5 Å². The lowest BCUT2D eigenvalue weighted by atomic mass is 10.2. The molecule has 0 amide bonds. The molecule has 0 aromatic carbocycles. The molecule has 0 unspecified atom stereocenters. The number of aliphatic hydroxyl groups excluding tert-OH is 3. The lowest BCUT2D eigenvalue weighted by Gasteiger charge is -2.14. The molecule has 0 saturated carbocycles. The Morgan fingerprint density at radius 1 is 0.912 bits per heavy atom. The number of carbonyl (C=O) groups excluding carboxylic acids is 2. The normalized spacial score (nSPS) is 15.3. The Labute approximate surface area is 203 Å². The van der Waals surface area contributed by atoms with Crippen LogP contribution in [0.2, 0.25) is 0 Å². The van der Waals surface area contributed by atoms with Crippen LogP contribution in [-0.2, 0) is 19.1 Å². The maximum Gasteiger partial charge on any atom is 0.305 e. The summed E-state index contributed by atoms with van der Waals surface area (Å²) < 4.78 is 9.75. The molecule has 0 radical (unpaired) electrons. The van der Waals surface area contributed by atoms with E-state index >= 15 is 0 Å². The molecule has 3 atom stereocenters. The Morgan fingerprint density at radius 2 is 1.62 bits per heavy atom. The molecule has 0 aliphatic heterocycles. The van der Waals surface area contributed by atoms with Crippen LogP contribution in [0.5, 0.6) is 0 Å². The molecule has 0 fully saturated rings. The van der Waals surface area contributed by atoms with E-state index < -0.39 is 36.9 Å². The molecule has 0 aromatic heterocycles. The Hall–Kier alpha value is -2.74. The molecule has 190 valence electrons. The minimum Gasteiger partial charge on any atom is -0.462 e. The van der Waals surface area contributed by atoms with Crippen molar-refractivity contribution in [3.63, 3.8) is 0 Å². The Kier molecular flexibility index (Phi) is 20.3. The first-order valence-electron chi connectivity index (χ1n) is 11.7. The SMILES string of the molecule is CC/C=C\C[C@@H](O)/C=C/C=C\C/C=C\C=C\[C@@H](O)/C=C\CCCC(=O)OC[C@H](CO)OC(C)=O. The van der Waals surface area contributed by atoms with Crippen LogP contribution in [0, 0.1) is 0 Å². The number of hydrogen-bond acceptors (Lipinski definition) is 7. The van der Waals surface area contributed by atoms with Crippen LogP contribution in [0.4, 0.5) is 0 Å². The van der Waals surface area contributed by atoms with Gasteiger partial charge < -0.3 is 24.8 Å². The zero-order valence-electron chi connectivity index (χ0n) is 20.3. The fraction of sp³-hybridized carbons (Fsp3) is 0.481. The van der Waals surface area contributed by atoms with Gasteiger partial charge in [0.05, 0.1) is 18.8 Å². The van der Waals surface area contributed by atoms with Gasteiger partial charge in [0, 0.05) is 13.3 Å². The minimum absolute atomic E-state index is 0.172. The third-order valence-electron chi connectivity index (χ3n) is 4.24. The van der Waals surface area contributed by atoms with Gasteiger partial charge in [0.1, 0.15) is 6.61 Å². The Bertz CT molecular complexity index is 716. The van der Waals surface area contributed by atoms with Crippen LogP contribution in [0.3, 0.4) is 0 Å². The van der Waals surface area contributed by atoms with Gasteiger partial charge in [-0.05, 0) is 32.1 Å². The number of carbonyl (C=O) groups is 2. The van der Waals surface area contributed by atoms with Gasteiger partial charge >= 0.3 is 11.9 Å². The largest absolute Gasteiger partial charge is 0.462 e. The molecule has 0 bridgehead atoms. The summed E-state index contributed by atoms with van der Waals surface area (Å²) in [4.78, 5) is 22.5. The predicted molar refractivity (Wildman–Crippen MR) is 134 cm³/mol. The van der Waals surface area contributed by atoms with Gasteiger partial charge in [-0.25, -0.2) is 0 Å². The maximum absolute atomic E-state index is 11.7. The summed E-state index contributed by atoms with van der Waals surface area (Å²) in [7, 11) is 0. The summed E-state index contributed by atoms with van der Waals surface area (Å²) in [5.41, 5.74) is 0. The van der Waals surface area contributed by atoms with Gasteiger partial charge in [-0.3, -0.25) is 9.59 Å². The van der Waals surface area contributed by atoms with Crippen LogP contribution in [0.15, 0.2) is 72.9 Å². The standard InChI is InChI=1S/C27H40O7/c1-3-4-11-16-24(30)17-12-8-6-5-7-9-13-18-25(31)19-14-10-15-20-27(32)33-22-26(21-28)34-23(2)29/h4,6-9,11-14,17-19,24-26,28,30-31H,3,5,10,15-16,20-22H2,1-2H3/b8-6-,9-7-,11-4-,17-12+,18-13+,19-14-/t24-,25-,26+/m1/s1. The van der Waals surface area contributed by atoms with Gasteiger partial charge in [-0.2, -0.15) is 0 Å². The number of esters is 2. The molecule has 0 saturated heterocycles. The van der Waals surface area contributed by atoms with E-state index in [0.29, 0.717) is 19.3 Å². The summed E-state index contributed by atoms with van der Waals surface area (Å²) in [5, 5.41) is 28.7. The van der Waals surface area contributed by atoms with Crippen molar-refractivity contribution in [2.45, 2.75) is 70.7 Å². The average Bonchev–Trinajstić information content (AvgIpc) is 2.80. The van der Waals surface area contributed by atoms with Crippen molar-refractivity contribution in [1.82, 2.24) is 0 Å². The number of unbranched alkanes of at least 4 members (excludes halogenated alkanes) is 1. The fourth-order valence-electron chi connectivity index (χ4n) is 2.52. The quantitative estimate of drug-likeness (QED) is 0.119. The molecule has 0 aliphatic carbocycles. The van der Waals surface area contributed by atoms with Gasteiger partial charge in [-0.15, -0.1) is 0 Å². The second-order valence-corrected chi connectivity index (χ2v) is 7.45. The van der Waals surface area contributed by atoms with Crippen molar-refractivity contribution >= 4 is 11.9 Å². The highest BCUT2D eigenvalue weighted by molar-refractivity contribution is 5.69. The van der Waals surface area contributed by atoms with Crippen LogP contribution in [0.1, 0.15) is 52.4 Å². The molecule has 0 spiro atoms. The minimum atomic E-state index is -0.845. The number of allylic oxidation sites excluding steroid dienone is 8. The topological polar surface area (TPSA) is 113 Å². The average molecular weight is 477 g/mol. The van der Waals surface area contributed by atoms with Crippen LogP contribution >= 0.6 is 0 Å². The van der Waals surface area contributed by atoms with Crippen LogP contribution in [0.25, 0.3) is 0 Å². The van der Waals surface area contributed by atoms with Gasteiger partial charge in [0.15, 0.2) is 6.10 Å². The monoisotopic (exact) mass is 476 g/mol. The third-order valence-corrected chi connectivity index (χ3v) is 4.24. The third kappa shape index (κ3) is 21.1. The number of ether oxygens (including phenoxy) is 2. The van der Waals surface area contributed by atoms with Crippen molar-refractivity contribution in [3.8, 4) is 0 Å². The molecule has 0 rings (SSSR count). The van der Waals surface area contributed by atoms with E-state index in [2.05, 4.69) is 6.92 Å². The van der Waals surface area contributed by atoms with Crippen molar-refractivity contribution in [3.05, 3.63) is 72.9 Å². The summed E-state index contributed by atoms with van der Waals surface area (Å²) in [6.07, 6.45) is 23.7. The highest BCUT2D eigenvalue weighted by Gasteiger charge is 2.13. The number of aliphatic hydroxyl groups is 3. The molecule has 7 heteroatoms. The molecule has 0 aliphatic rings. The summed E-state index contributed by atoms with van der Waals surface area (Å²) in [6, 6.07) is 0. The zero-order chi connectivity index (χ0) is 25.4. The molecular formula is C27H40O7. The molecular weight excluding hydrogens is 436 g/mol. The number of hydrogen-bond donors (Lipinski definition) is 3. The van der Waals surface area contributed by atoms with Crippen LogP contribution < -0.4 is 0 Å². The Balaban J connectivity index is 3.95. The first-order chi connectivity index (χ1) is 16.4. The van der Waals surface area contributed by atoms with Gasteiger partial charge in [0.25, 0.3) is 0 Å². The summed E-state index contributed by atoms with van der Waals surface area (Å²) in [5.74, 6) is -0.981. The van der Waals surface area contributed by atoms with Crippen LogP contribution in [-0.4, -0.2) is 58.8 Å². The lowest BCUT2D eigenvalue weighted by Crippen LogP contribution is -2.27. The van der Waals surface area contributed by atoms with E-state index in [0.717, 1.165) is 12.8 Å². The predicted octanol–water partition coefficient (Wildman–Crippen LogP) is 3.87. The maximum atomic E-state index is 11.7. The first kappa shape index (κ1) is 31.3. The van der Waals surface area contributed by atoms with Crippen molar-refractivity contribution in [2.24, 2.45) is 0 Å². The molecule has 7 nitrogen and oxygen atoms in total. The first-order valence-corrected chi connectivity index (χ1v) is 11.7. The summed E-state index contributed by atoms with van der Waals surface area (Å²) >= 11 is 0. The molecule has 3 N–H and O–H groups in total. The van der Waals surface area contributed by atoms with E-state index in [1.165, 1.54) is 6.92 Å². The summed E-state index contributed by atoms with van der Waals surface area (Å²) in [6.45, 7) is 2.69. The van der Waals surface area contributed by atoms with Crippen molar-refractivity contribution in [2.75, 3.05) is 13.2 Å². The zero-order valence-corrected chi connectivity index (χ0v) is 20.3. The smallest absolute Gasteiger partial charge is 0.305 e. The van der Waals surface area contributed by atoms with Crippen molar-refractivity contribution < 1.29 is 34.4 Å². The second-order valence-electron chi connectivity index (χ2n) is 7.45. The fourth-order valence-corrected chi connectivity index (χ4v) is 2.52. The Morgan fingerprint density at radius 3 is 2.26 bits per heavy atom. The molecule has 34 heavy (non-hydrogen) atoms. The van der Waals surface area contributed by atoms with Gasteiger partial charge in [-0.1, -0.05) is 79.8 Å².